The fourth-order valence-corrected chi connectivity index (χ4v) is 5.03. The lowest BCUT2D eigenvalue weighted by Crippen LogP contribution is -2.34. The number of carbonyl (C=O) groups excluding carboxylic acids is 2. The minimum Gasteiger partial charge on any atom is -0.493 e. The van der Waals surface area contributed by atoms with E-state index in [1.54, 1.807) is 25.3 Å². The van der Waals surface area contributed by atoms with Gasteiger partial charge in [-0.3, -0.25) is 14.5 Å². The van der Waals surface area contributed by atoms with Gasteiger partial charge < -0.3 is 9.47 Å². The van der Waals surface area contributed by atoms with Crippen LogP contribution >= 0.6 is 0 Å². The molecular formula is C28H26N2O4. The number of imide groups is 1. The lowest BCUT2D eigenvalue weighted by molar-refractivity contribution is 0.0584. The van der Waals surface area contributed by atoms with Gasteiger partial charge in [-0.15, -0.1) is 0 Å². The number of methoxy groups -OCH3 is 1. The highest BCUT2D eigenvalue weighted by molar-refractivity contribution is 6.23. The molecule has 1 heterocycles. The number of nitrogens with zero attached hydrogens (tertiary/aromatic N) is 2. The van der Waals surface area contributed by atoms with E-state index in [0.29, 0.717) is 28.2 Å². The van der Waals surface area contributed by atoms with Crippen LogP contribution in [0.15, 0.2) is 54.6 Å². The average molecular weight is 455 g/mol. The minimum atomic E-state index is -0.724. The first kappa shape index (κ1) is 22.0. The van der Waals surface area contributed by atoms with E-state index in [1.807, 2.05) is 36.4 Å². The SMILES string of the molecule is COc1cc(C(CC#N)N2C(=O)c3cc4ccccc4cc3C2=O)ccc1OC1CCCCC1. The van der Waals surface area contributed by atoms with Crippen LogP contribution in [0.25, 0.3) is 10.8 Å². The maximum atomic E-state index is 13.4. The van der Waals surface area contributed by atoms with Crippen LogP contribution in [0.5, 0.6) is 11.5 Å². The lowest BCUT2D eigenvalue weighted by Gasteiger charge is -2.27. The zero-order chi connectivity index (χ0) is 23.7. The molecule has 5 rings (SSSR count). The van der Waals surface area contributed by atoms with Gasteiger partial charge in [0, 0.05) is 0 Å². The van der Waals surface area contributed by atoms with Crippen LogP contribution in [0, 0.1) is 11.3 Å². The van der Waals surface area contributed by atoms with Gasteiger partial charge in [0.15, 0.2) is 11.5 Å². The number of hydrogen-bond acceptors (Lipinski definition) is 5. The Balaban J connectivity index is 1.48. The normalized spacial score (nSPS) is 16.9. The highest BCUT2D eigenvalue weighted by atomic mass is 16.5. The maximum absolute atomic E-state index is 13.4. The van der Waals surface area contributed by atoms with E-state index in [1.165, 1.54) is 11.3 Å². The molecule has 1 saturated carbocycles. The summed E-state index contributed by atoms with van der Waals surface area (Å²) in [5.41, 5.74) is 1.40. The van der Waals surface area contributed by atoms with Gasteiger partial charge in [0.05, 0.1) is 42.9 Å². The highest BCUT2D eigenvalue weighted by Crippen LogP contribution is 2.39. The predicted molar refractivity (Wildman–Crippen MR) is 128 cm³/mol. The number of fused-ring (bicyclic) bond motifs is 2. The number of amides is 2. The van der Waals surface area contributed by atoms with Crippen molar-refractivity contribution in [2.24, 2.45) is 0 Å². The van der Waals surface area contributed by atoms with E-state index in [4.69, 9.17) is 9.47 Å². The molecule has 1 unspecified atom stereocenters. The maximum Gasteiger partial charge on any atom is 0.262 e. The van der Waals surface area contributed by atoms with E-state index in [0.717, 1.165) is 36.5 Å². The molecule has 1 fully saturated rings. The molecule has 1 atom stereocenters. The summed E-state index contributed by atoms with van der Waals surface area (Å²) >= 11 is 0. The molecule has 1 aliphatic carbocycles. The molecule has 3 aromatic carbocycles. The molecule has 2 aliphatic rings. The summed E-state index contributed by atoms with van der Waals surface area (Å²) in [4.78, 5) is 27.9. The van der Waals surface area contributed by atoms with Gasteiger partial charge in [-0.25, -0.2) is 0 Å². The zero-order valence-corrected chi connectivity index (χ0v) is 19.1. The Labute approximate surface area is 198 Å². The largest absolute Gasteiger partial charge is 0.493 e. The van der Waals surface area contributed by atoms with Gasteiger partial charge in [-0.05, 0) is 66.3 Å². The van der Waals surface area contributed by atoms with E-state index in [2.05, 4.69) is 6.07 Å². The van der Waals surface area contributed by atoms with Crippen LogP contribution in [0.2, 0.25) is 0 Å². The van der Waals surface area contributed by atoms with Crippen LogP contribution in [0.3, 0.4) is 0 Å². The fraction of sp³-hybridized carbons (Fsp3) is 0.321. The first-order valence-corrected chi connectivity index (χ1v) is 11.7. The van der Waals surface area contributed by atoms with E-state index < -0.39 is 6.04 Å². The average Bonchev–Trinajstić information content (AvgIpc) is 3.11. The summed E-state index contributed by atoms with van der Waals surface area (Å²) < 4.78 is 11.8. The summed E-state index contributed by atoms with van der Waals surface area (Å²) in [5.74, 6) is 0.413. The molecule has 34 heavy (non-hydrogen) atoms. The Kier molecular flexibility index (Phi) is 5.93. The molecule has 0 radical (unpaired) electrons. The zero-order valence-electron chi connectivity index (χ0n) is 19.1. The lowest BCUT2D eigenvalue weighted by atomic mass is 9.97. The molecule has 0 spiro atoms. The second-order valence-corrected chi connectivity index (χ2v) is 8.89. The van der Waals surface area contributed by atoms with Crippen LogP contribution in [-0.2, 0) is 0 Å². The monoisotopic (exact) mass is 454 g/mol. The topological polar surface area (TPSA) is 79.6 Å². The summed E-state index contributed by atoms with van der Waals surface area (Å²) in [7, 11) is 1.57. The van der Waals surface area contributed by atoms with Gasteiger partial charge in [0.2, 0.25) is 0 Å². The Morgan fingerprint density at radius 2 is 1.59 bits per heavy atom. The van der Waals surface area contributed by atoms with E-state index in [9.17, 15) is 14.9 Å². The van der Waals surface area contributed by atoms with Crippen LogP contribution < -0.4 is 9.47 Å². The standard InChI is InChI=1S/C28H26N2O4/c1-33-26-17-20(11-12-25(26)34-21-9-3-2-4-10-21)24(13-14-29)30-27(31)22-15-18-7-5-6-8-19(18)16-23(22)28(30)32/h5-8,11-12,15-17,21,24H,2-4,9-10,13H2,1H3. The number of ether oxygens (including phenoxy) is 2. The minimum absolute atomic E-state index is 0.0169. The van der Waals surface area contributed by atoms with Crippen molar-refractivity contribution in [2.45, 2.75) is 50.7 Å². The molecule has 3 aromatic rings. The molecule has 0 aromatic heterocycles. The molecule has 172 valence electrons. The van der Waals surface area contributed by atoms with Crippen LogP contribution in [0.1, 0.15) is 70.8 Å². The van der Waals surface area contributed by atoms with Crippen molar-refractivity contribution in [1.82, 2.24) is 4.90 Å². The van der Waals surface area contributed by atoms with Gasteiger partial charge in [-0.2, -0.15) is 5.26 Å². The molecule has 0 saturated heterocycles. The van der Waals surface area contributed by atoms with Crippen LogP contribution in [-0.4, -0.2) is 29.9 Å². The number of hydrogen-bond donors (Lipinski definition) is 0. The molecule has 0 bridgehead atoms. The fourth-order valence-electron chi connectivity index (χ4n) is 5.03. The van der Waals surface area contributed by atoms with Crippen molar-refractivity contribution < 1.29 is 19.1 Å². The van der Waals surface area contributed by atoms with Crippen molar-refractivity contribution >= 4 is 22.6 Å². The molecule has 0 N–H and O–H groups in total. The third kappa shape index (κ3) is 3.88. The molecular weight excluding hydrogens is 428 g/mol. The van der Waals surface area contributed by atoms with Gasteiger partial charge in [0.25, 0.3) is 11.8 Å². The molecule has 6 heteroatoms. The number of carbonyl (C=O) groups is 2. The first-order valence-electron chi connectivity index (χ1n) is 11.7. The first-order chi connectivity index (χ1) is 16.6. The van der Waals surface area contributed by atoms with Crippen molar-refractivity contribution in [1.29, 1.82) is 5.26 Å². The molecule has 6 nitrogen and oxygen atoms in total. The summed E-state index contributed by atoms with van der Waals surface area (Å²) in [6.45, 7) is 0. The Hall–Kier alpha value is -3.85. The van der Waals surface area contributed by atoms with Crippen molar-refractivity contribution in [2.75, 3.05) is 7.11 Å². The quantitative estimate of drug-likeness (QED) is 0.439. The van der Waals surface area contributed by atoms with Gasteiger partial charge >= 0.3 is 0 Å². The Morgan fingerprint density at radius 1 is 0.941 bits per heavy atom. The van der Waals surface area contributed by atoms with Crippen molar-refractivity contribution in [3.63, 3.8) is 0 Å². The van der Waals surface area contributed by atoms with Gasteiger partial charge in [0.1, 0.15) is 0 Å². The number of benzene rings is 3. The van der Waals surface area contributed by atoms with E-state index >= 15 is 0 Å². The second kappa shape index (κ2) is 9.18. The predicted octanol–water partition coefficient (Wildman–Crippen LogP) is 5.81. The highest BCUT2D eigenvalue weighted by Gasteiger charge is 2.41. The summed E-state index contributed by atoms with van der Waals surface area (Å²) in [6, 6.07) is 18.0. The van der Waals surface area contributed by atoms with Gasteiger partial charge in [-0.1, -0.05) is 36.8 Å². The third-order valence-electron chi connectivity index (χ3n) is 6.80. The number of rotatable bonds is 6. The number of nitriles is 1. The third-order valence-corrected chi connectivity index (χ3v) is 6.80. The summed E-state index contributed by atoms with van der Waals surface area (Å²) in [6.07, 6.45) is 5.73. The Morgan fingerprint density at radius 3 is 2.18 bits per heavy atom. The smallest absolute Gasteiger partial charge is 0.262 e. The summed E-state index contributed by atoms with van der Waals surface area (Å²) in [5, 5.41) is 11.3. The Bertz CT molecular complexity index is 1250. The second-order valence-electron chi connectivity index (χ2n) is 8.89. The molecule has 2 amide bonds. The van der Waals surface area contributed by atoms with Crippen LogP contribution in [0.4, 0.5) is 0 Å². The van der Waals surface area contributed by atoms with Crippen molar-refractivity contribution in [3.05, 3.63) is 71.3 Å². The van der Waals surface area contributed by atoms with E-state index in [-0.39, 0.29) is 24.3 Å². The molecule has 1 aliphatic heterocycles. The van der Waals surface area contributed by atoms with Crippen molar-refractivity contribution in [3.8, 4) is 17.6 Å².